The number of nitrogens with one attached hydrogen (secondary N) is 1. The second kappa shape index (κ2) is 8.89. The van der Waals surface area contributed by atoms with Gasteiger partial charge >= 0.3 is 0 Å². The maximum Gasteiger partial charge on any atom is 0.267 e. The van der Waals surface area contributed by atoms with Crippen LogP contribution in [0.15, 0.2) is 34.2 Å². The van der Waals surface area contributed by atoms with Crippen molar-refractivity contribution >= 4 is 39.2 Å². The summed E-state index contributed by atoms with van der Waals surface area (Å²) in [6.45, 7) is 4.80. The maximum atomic E-state index is 14.6. The number of aromatic nitrogens is 2. The minimum atomic E-state index is -0.490. The lowest BCUT2D eigenvalue weighted by molar-refractivity contribution is -0.118. The molecule has 2 heterocycles. The zero-order valence-electron chi connectivity index (χ0n) is 17.0. The molecule has 2 aromatic heterocycles. The standard InChI is InChI=1S/C22H24FN3O2S2/c1-3-10-24-18(27)12-29-22-25-20-19(14-9-8-13(2)11-17(14)30-20)21(28)26(22)16-7-5-4-6-15(16)23/h4-7,13H,3,8-12H2,1-2H3,(H,24,27). The Labute approximate surface area is 182 Å². The molecule has 5 nitrogen and oxygen atoms in total. The highest BCUT2D eigenvalue weighted by atomic mass is 32.2. The van der Waals surface area contributed by atoms with Gasteiger partial charge in [0.05, 0.1) is 16.8 Å². The zero-order chi connectivity index (χ0) is 21.3. The number of hydrogen-bond donors (Lipinski definition) is 1. The maximum absolute atomic E-state index is 14.6. The van der Waals surface area contributed by atoms with Crippen molar-refractivity contribution in [3.8, 4) is 5.69 Å². The van der Waals surface area contributed by atoms with E-state index >= 15 is 0 Å². The van der Waals surface area contributed by atoms with Crippen LogP contribution in [0.3, 0.4) is 0 Å². The lowest BCUT2D eigenvalue weighted by atomic mass is 9.89. The third kappa shape index (κ3) is 4.03. The van der Waals surface area contributed by atoms with Crippen molar-refractivity contribution in [2.45, 2.75) is 44.7 Å². The number of hydrogen-bond acceptors (Lipinski definition) is 5. The van der Waals surface area contributed by atoms with E-state index in [4.69, 9.17) is 4.98 Å². The first-order valence-corrected chi connectivity index (χ1v) is 12.0. The van der Waals surface area contributed by atoms with Gasteiger partial charge in [-0.25, -0.2) is 9.37 Å². The molecule has 8 heteroatoms. The van der Waals surface area contributed by atoms with Crippen molar-refractivity contribution in [3.63, 3.8) is 0 Å². The van der Waals surface area contributed by atoms with Gasteiger partial charge in [0.25, 0.3) is 5.56 Å². The van der Waals surface area contributed by atoms with E-state index in [-0.39, 0.29) is 22.9 Å². The summed E-state index contributed by atoms with van der Waals surface area (Å²) in [4.78, 5) is 32.3. The molecule has 1 amide bonds. The van der Waals surface area contributed by atoms with Gasteiger partial charge in [0.15, 0.2) is 5.16 Å². The fourth-order valence-electron chi connectivity index (χ4n) is 3.76. The smallest absolute Gasteiger partial charge is 0.267 e. The first-order chi connectivity index (χ1) is 14.5. The summed E-state index contributed by atoms with van der Waals surface area (Å²) >= 11 is 2.72. The Hall–Kier alpha value is -2.19. The van der Waals surface area contributed by atoms with Crippen molar-refractivity contribution in [1.82, 2.24) is 14.9 Å². The number of thioether (sulfide) groups is 1. The topological polar surface area (TPSA) is 64.0 Å². The van der Waals surface area contributed by atoms with Crippen LogP contribution in [-0.4, -0.2) is 27.8 Å². The van der Waals surface area contributed by atoms with Crippen molar-refractivity contribution in [2.24, 2.45) is 5.92 Å². The zero-order valence-corrected chi connectivity index (χ0v) is 18.7. The van der Waals surface area contributed by atoms with E-state index < -0.39 is 5.82 Å². The molecule has 30 heavy (non-hydrogen) atoms. The lowest BCUT2D eigenvalue weighted by Crippen LogP contribution is -2.27. The Balaban J connectivity index is 1.84. The molecular formula is C22H24FN3O2S2. The third-order valence-electron chi connectivity index (χ3n) is 5.30. The van der Waals surface area contributed by atoms with Crippen LogP contribution in [0.2, 0.25) is 0 Å². The van der Waals surface area contributed by atoms with Crippen LogP contribution < -0.4 is 10.9 Å². The van der Waals surface area contributed by atoms with Crippen LogP contribution in [0.25, 0.3) is 15.9 Å². The summed E-state index contributed by atoms with van der Waals surface area (Å²) in [5.74, 6) is 0.0796. The SMILES string of the molecule is CCCNC(=O)CSc1nc2sc3c(c2c(=O)n1-c1ccccc1F)CCC(C)C3. The van der Waals surface area contributed by atoms with E-state index in [0.717, 1.165) is 43.0 Å². The molecule has 1 aromatic carbocycles. The molecule has 3 aromatic rings. The predicted octanol–water partition coefficient (Wildman–Crippen LogP) is 4.33. The van der Waals surface area contributed by atoms with Gasteiger partial charge in [0.2, 0.25) is 5.91 Å². The molecule has 0 saturated heterocycles. The molecule has 1 aliphatic rings. The number of rotatable bonds is 6. The fourth-order valence-corrected chi connectivity index (χ4v) is 6.02. The largest absolute Gasteiger partial charge is 0.355 e. The summed E-state index contributed by atoms with van der Waals surface area (Å²) in [5.41, 5.74) is 0.971. The van der Waals surface area contributed by atoms with Gasteiger partial charge in [-0.2, -0.15) is 0 Å². The van der Waals surface area contributed by atoms with Gasteiger partial charge in [0.1, 0.15) is 10.6 Å². The van der Waals surface area contributed by atoms with E-state index in [2.05, 4.69) is 12.2 Å². The number of amides is 1. The van der Waals surface area contributed by atoms with Gasteiger partial charge in [-0.3, -0.25) is 14.2 Å². The Morgan fingerprint density at radius 2 is 2.20 bits per heavy atom. The van der Waals surface area contributed by atoms with Gasteiger partial charge in [-0.1, -0.05) is 37.7 Å². The highest BCUT2D eigenvalue weighted by Gasteiger charge is 2.26. The molecular weight excluding hydrogens is 421 g/mol. The van der Waals surface area contributed by atoms with Gasteiger partial charge in [0, 0.05) is 11.4 Å². The first kappa shape index (κ1) is 21.1. The Kier molecular flexibility index (Phi) is 6.24. The molecule has 0 radical (unpaired) electrons. The van der Waals surface area contributed by atoms with E-state index in [0.29, 0.717) is 27.8 Å². The van der Waals surface area contributed by atoms with Crippen LogP contribution in [-0.2, 0) is 17.6 Å². The average molecular weight is 446 g/mol. The van der Waals surface area contributed by atoms with Crippen LogP contribution in [0.5, 0.6) is 0 Å². The molecule has 0 fully saturated rings. The minimum absolute atomic E-state index is 0.120. The second-order valence-electron chi connectivity index (χ2n) is 7.66. The molecule has 0 bridgehead atoms. The number of carbonyl (C=O) groups is 1. The number of thiophene rings is 1. The van der Waals surface area contributed by atoms with Crippen LogP contribution in [0, 0.1) is 11.7 Å². The van der Waals surface area contributed by atoms with E-state index in [1.165, 1.54) is 15.5 Å². The summed E-state index contributed by atoms with van der Waals surface area (Å²) in [6, 6.07) is 6.20. The van der Waals surface area contributed by atoms with E-state index in [9.17, 15) is 14.0 Å². The number of carbonyl (C=O) groups excluding carboxylic acids is 1. The number of halogens is 1. The molecule has 1 aliphatic carbocycles. The molecule has 4 rings (SSSR count). The Bertz CT molecular complexity index is 1160. The molecule has 1 N–H and O–H groups in total. The lowest BCUT2D eigenvalue weighted by Gasteiger charge is -2.18. The van der Waals surface area contributed by atoms with E-state index in [1.54, 1.807) is 29.5 Å². The van der Waals surface area contributed by atoms with Gasteiger partial charge in [-0.15, -0.1) is 11.3 Å². The third-order valence-corrected chi connectivity index (χ3v) is 7.38. The second-order valence-corrected chi connectivity index (χ2v) is 9.68. The van der Waals surface area contributed by atoms with Crippen molar-refractivity contribution in [1.29, 1.82) is 0 Å². The Morgan fingerprint density at radius 3 is 2.97 bits per heavy atom. The molecule has 0 saturated carbocycles. The van der Waals surface area contributed by atoms with Crippen molar-refractivity contribution < 1.29 is 9.18 Å². The molecule has 1 unspecified atom stereocenters. The summed E-state index contributed by atoms with van der Waals surface area (Å²) in [7, 11) is 0. The highest BCUT2D eigenvalue weighted by Crippen LogP contribution is 2.37. The summed E-state index contributed by atoms with van der Waals surface area (Å²) in [6.07, 6.45) is 3.67. The van der Waals surface area contributed by atoms with Crippen molar-refractivity contribution in [2.75, 3.05) is 12.3 Å². The van der Waals surface area contributed by atoms with Crippen LogP contribution >= 0.6 is 23.1 Å². The van der Waals surface area contributed by atoms with Crippen molar-refractivity contribution in [3.05, 3.63) is 50.9 Å². The quantitative estimate of drug-likeness (QED) is 0.453. The number of fused-ring (bicyclic) bond motifs is 3. The number of para-hydroxylation sites is 1. The monoisotopic (exact) mass is 445 g/mol. The number of aryl methyl sites for hydroxylation is 1. The normalized spacial score (nSPS) is 15.9. The average Bonchev–Trinajstić information content (AvgIpc) is 3.09. The molecule has 158 valence electrons. The van der Waals surface area contributed by atoms with E-state index in [1.807, 2.05) is 6.92 Å². The number of benzene rings is 1. The van der Waals surface area contributed by atoms with Gasteiger partial charge < -0.3 is 5.32 Å². The summed E-state index contributed by atoms with van der Waals surface area (Å²) in [5, 5.41) is 3.77. The molecule has 0 aliphatic heterocycles. The van der Waals surface area contributed by atoms with Crippen LogP contribution in [0.1, 0.15) is 37.1 Å². The molecule has 1 atom stereocenters. The highest BCUT2D eigenvalue weighted by molar-refractivity contribution is 7.99. The minimum Gasteiger partial charge on any atom is -0.355 e. The predicted molar refractivity (Wildman–Crippen MR) is 120 cm³/mol. The number of nitrogens with zero attached hydrogens (tertiary/aromatic N) is 2. The van der Waals surface area contributed by atoms with Gasteiger partial charge in [-0.05, 0) is 49.3 Å². The summed E-state index contributed by atoms with van der Waals surface area (Å²) < 4.78 is 16.0. The fraction of sp³-hybridized carbons (Fsp3) is 0.409. The molecule has 0 spiro atoms. The Morgan fingerprint density at radius 1 is 1.40 bits per heavy atom. The van der Waals surface area contributed by atoms with Crippen LogP contribution in [0.4, 0.5) is 4.39 Å². The first-order valence-electron chi connectivity index (χ1n) is 10.2.